The lowest BCUT2D eigenvalue weighted by Gasteiger charge is -2.34. The van der Waals surface area contributed by atoms with Gasteiger partial charge in [-0.05, 0) is 40.8 Å². The summed E-state index contributed by atoms with van der Waals surface area (Å²) in [5, 5.41) is 0. The van der Waals surface area contributed by atoms with E-state index in [-0.39, 0.29) is 6.04 Å². The number of hydrogen-bond donors (Lipinski definition) is 1. The fourth-order valence-corrected chi connectivity index (χ4v) is 3.38. The summed E-state index contributed by atoms with van der Waals surface area (Å²) in [4.78, 5) is 19.3. The van der Waals surface area contributed by atoms with Crippen molar-refractivity contribution in [2.24, 2.45) is 0 Å². The number of benzene rings is 1. The molecule has 6 heteroatoms. The summed E-state index contributed by atoms with van der Waals surface area (Å²) in [5.41, 5.74) is 2.20. The van der Waals surface area contributed by atoms with Crippen molar-refractivity contribution >= 4 is 21.9 Å². The number of aromatic amines is 1. The van der Waals surface area contributed by atoms with Gasteiger partial charge < -0.3 is 9.88 Å². The summed E-state index contributed by atoms with van der Waals surface area (Å²) in [6.45, 7) is 0.952. The van der Waals surface area contributed by atoms with Crippen LogP contribution in [0.2, 0.25) is 0 Å². The molecule has 0 saturated carbocycles. The van der Waals surface area contributed by atoms with E-state index in [1.165, 1.54) is 6.42 Å². The molecular formula is C18H18BrN5. The number of rotatable bonds is 3. The Labute approximate surface area is 149 Å². The van der Waals surface area contributed by atoms with Crippen molar-refractivity contribution in [1.82, 2.24) is 19.9 Å². The minimum Gasteiger partial charge on any atom is -0.340 e. The Kier molecular flexibility index (Phi) is 4.30. The molecule has 0 amide bonds. The van der Waals surface area contributed by atoms with E-state index < -0.39 is 0 Å². The van der Waals surface area contributed by atoms with E-state index in [0.29, 0.717) is 0 Å². The first-order valence-corrected chi connectivity index (χ1v) is 8.95. The van der Waals surface area contributed by atoms with Gasteiger partial charge >= 0.3 is 0 Å². The van der Waals surface area contributed by atoms with Crippen molar-refractivity contribution in [3.63, 3.8) is 0 Å². The quantitative estimate of drug-likeness (QED) is 0.729. The molecule has 0 unspecified atom stereocenters. The highest BCUT2D eigenvalue weighted by atomic mass is 79.9. The van der Waals surface area contributed by atoms with Gasteiger partial charge in [-0.1, -0.05) is 30.3 Å². The van der Waals surface area contributed by atoms with Crippen LogP contribution in [0.15, 0.2) is 53.4 Å². The molecule has 122 valence electrons. The first kappa shape index (κ1) is 15.3. The largest absolute Gasteiger partial charge is 0.340 e. The maximum Gasteiger partial charge on any atom is 0.225 e. The Morgan fingerprint density at radius 1 is 1.00 bits per heavy atom. The first-order valence-electron chi connectivity index (χ1n) is 8.16. The highest BCUT2D eigenvalue weighted by molar-refractivity contribution is 9.10. The molecule has 0 aliphatic carbocycles. The van der Waals surface area contributed by atoms with Gasteiger partial charge in [0.25, 0.3) is 0 Å². The Hall–Kier alpha value is -2.21. The number of nitrogens with zero attached hydrogens (tertiary/aromatic N) is 4. The molecular weight excluding hydrogens is 366 g/mol. The zero-order valence-corrected chi connectivity index (χ0v) is 14.8. The van der Waals surface area contributed by atoms with E-state index in [1.54, 1.807) is 12.4 Å². The molecule has 0 radical (unpaired) electrons. The number of piperidine rings is 1. The summed E-state index contributed by atoms with van der Waals surface area (Å²) in [7, 11) is 0. The van der Waals surface area contributed by atoms with E-state index in [1.807, 2.05) is 24.4 Å². The molecule has 3 heterocycles. The highest BCUT2D eigenvalue weighted by Gasteiger charge is 2.28. The second-order valence-corrected chi connectivity index (χ2v) is 6.87. The molecule has 24 heavy (non-hydrogen) atoms. The van der Waals surface area contributed by atoms with E-state index in [9.17, 15) is 0 Å². The third kappa shape index (κ3) is 3.06. The maximum absolute atomic E-state index is 4.65. The Balaban J connectivity index is 1.64. The van der Waals surface area contributed by atoms with Crippen LogP contribution in [0.25, 0.3) is 11.3 Å². The zero-order valence-electron chi connectivity index (χ0n) is 13.2. The van der Waals surface area contributed by atoms with Gasteiger partial charge in [-0.2, -0.15) is 0 Å². The van der Waals surface area contributed by atoms with Crippen LogP contribution in [-0.2, 0) is 0 Å². The molecule has 0 bridgehead atoms. The van der Waals surface area contributed by atoms with Crippen molar-refractivity contribution < 1.29 is 0 Å². The maximum atomic E-state index is 4.65. The normalized spacial score (nSPS) is 17.9. The Morgan fingerprint density at radius 2 is 1.79 bits per heavy atom. The van der Waals surface area contributed by atoms with Gasteiger partial charge in [0.2, 0.25) is 5.95 Å². The summed E-state index contributed by atoms with van der Waals surface area (Å²) in [6, 6.07) is 10.5. The van der Waals surface area contributed by atoms with Crippen LogP contribution >= 0.6 is 15.9 Å². The number of hydrogen-bond acceptors (Lipinski definition) is 4. The van der Waals surface area contributed by atoms with Crippen LogP contribution < -0.4 is 4.90 Å². The SMILES string of the molecule is Brc1cnc(N2CCCC[C@@H]2c2ncc(-c3ccccc3)[nH]2)nc1. The summed E-state index contributed by atoms with van der Waals surface area (Å²) in [6.07, 6.45) is 8.92. The lowest BCUT2D eigenvalue weighted by molar-refractivity contribution is 0.451. The van der Waals surface area contributed by atoms with Crippen molar-refractivity contribution in [2.45, 2.75) is 25.3 Å². The smallest absolute Gasteiger partial charge is 0.225 e. The van der Waals surface area contributed by atoms with Crippen molar-refractivity contribution in [1.29, 1.82) is 0 Å². The molecule has 0 spiro atoms. The Morgan fingerprint density at radius 3 is 2.58 bits per heavy atom. The molecule has 2 aromatic heterocycles. The van der Waals surface area contributed by atoms with Crippen LogP contribution in [-0.4, -0.2) is 26.5 Å². The van der Waals surface area contributed by atoms with Crippen LogP contribution in [0.5, 0.6) is 0 Å². The Bertz CT molecular complexity index is 800. The molecule has 1 fully saturated rings. The molecule has 1 atom stereocenters. The summed E-state index contributed by atoms with van der Waals surface area (Å²) < 4.78 is 0.893. The molecule has 3 aromatic rings. The van der Waals surface area contributed by atoms with Gasteiger partial charge in [0.1, 0.15) is 5.82 Å². The number of halogens is 1. The molecule has 4 rings (SSSR count). The lowest BCUT2D eigenvalue weighted by Crippen LogP contribution is -2.35. The molecule has 1 saturated heterocycles. The third-order valence-electron chi connectivity index (χ3n) is 4.36. The first-order chi connectivity index (χ1) is 11.8. The third-order valence-corrected chi connectivity index (χ3v) is 4.77. The fourth-order valence-electron chi connectivity index (χ4n) is 3.18. The number of nitrogens with one attached hydrogen (secondary N) is 1. The predicted molar refractivity (Wildman–Crippen MR) is 97.7 cm³/mol. The van der Waals surface area contributed by atoms with E-state index in [4.69, 9.17) is 0 Å². The minimum atomic E-state index is 0.192. The zero-order chi connectivity index (χ0) is 16.4. The van der Waals surface area contributed by atoms with Crippen LogP contribution in [0.3, 0.4) is 0 Å². The minimum absolute atomic E-state index is 0.192. The molecule has 1 N–H and O–H groups in total. The molecule has 1 aliphatic rings. The lowest BCUT2D eigenvalue weighted by atomic mass is 10.0. The van der Waals surface area contributed by atoms with Crippen molar-refractivity contribution in [2.75, 3.05) is 11.4 Å². The fraction of sp³-hybridized carbons (Fsp3) is 0.278. The van der Waals surface area contributed by atoms with E-state index >= 15 is 0 Å². The average Bonchev–Trinajstić information content (AvgIpc) is 3.13. The van der Waals surface area contributed by atoms with Gasteiger partial charge in [-0.15, -0.1) is 0 Å². The van der Waals surface area contributed by atoms with E-state index in [2.05, 4.69) is 52.9 Å². The standard InChI is InChI=1S/C18H18BrN5/c19-14-10-21-18(22-11-14)24-9-5-4-8-16(24)17-20-12-15(23-17)13-6-2-1-3-7-13/h1-3,6-7,10-12,16H,4-5,8-9H2,(H,20,23)/t16-/m1/s1. The summed E-state index contributed by atoms with van der Waals surface area (Å²) in [5.74, 6) is 1.75. The second-order valence-electron chi connectivity index (χ2n) is 5.95. The highest BCUT2D eigenvalue weighted by Crippen LogP contribution is 2.33. The van der Waals surface area contributed by atoms with Gasteiger partial charge in [-0.25, -0.2) is 15.0 Å². The van der Waals surface area contributed by atoms with Crippen molar-refractivity contribution in [3.8, 4) is 11.3 Å². The number of H-pyrrole nitrogens is 1. The number of imidazole rings is 1. The average molecular weight is 384 g/mol. The molecule has 1 aliphatic heterocycles. The monoisotopic (exact) mass is 383 g/mol. The van der Waals surface area contributed by atoms with Gasteiger partial charge in [0.05, 0.1) is 22.4 Å². The summed E-state index contributed by atoms with van der Waals surface area (Å²) >= 11 is 3.40. The van der Waals surface area contributed by atoms with Gasteiger partial charge in [0, 0.05) is 18.9 Å². The topological polar surface area (TPSA) is 57.7 Å². The van der Waals surface area contributed by atoms with Crippen LogP contribution in [0.4, 0.5) is 5.95 Å². The van der Waals surface area contributed by atoms with Gasteiger partial charge in [0.15, 0.2) is 0 Å². The van der Waals surface area contributed by atoms with Gasteiger partial charge in [-0.3, -0.25) is 0 Å². The van der Waals surface area contributed by atoms with Crippen LogP contribution in [0.1, 0.15) is 31.1 Å². The number of anilines is 1. The number of aromatic nitrogens is 4. The second kappa shape index (κ2) is 6.73. The van der Waals surface area contributed by atoms with Crippen LogP contribution in [0, 0.1) is 0 Å². The van der Waals surface area contributed by atoms with E-state index in [0.717, 1.165) is 46.9 Å². The van der Waals surface area contributed by atoms with Crippen molar-refractivity contribution in [3.05, 3.63) is 59.2 Å². The molecule has 1 aromatic carbocycles. The molecule has 5 nitrogen and oxygen atoms in total. The predicted octanol–water partition coefficient (Wildman–Crippen LogP) is 4.36.